The van der Waals surface area contributed by atoms with E-state index >= 15 is 0 Å². The molecule has 0 saturated heterocycles. The first-order valence-corrected chi connectivity index (χ1v) is 6.85. The third-order valence-corrected chi connectivity index (χ3v) is 3.52. The van der Waals surface area contributed by atoms with Gasteiger partial charge in [0.2, 0.25) is 0 Å². The van der Waals surface area contributed by atoms with Crippen molar-refractivity contribution < 1.29 is 17.6 Å². The van der Waals surface area contributed by atoms with Crippen molar-refractivity contribution in [2.24, 2.45) is 4.99 Å². The highest BCUT2D eigenvalue weighted by Gasteiger charge is 2.19. The van der Waals surface area contributed by atoms with Crippen LogP contribution in [0.2, 0.25) is 0 Å². The molecule has 0 radical (unpaired) electrons. The molecule has 0 spiro atoms. The van der Waals surface area contributed by atoms with Gasteiger partial charge in [-0.1, -0.05) is 17.7 Å². The lowest BCUT2D eigenvalue weighted by Crippen LogP contribution is -2.18. The Balaban J connectivity index is 2.34. The Kier molecular flexibility index (Phi) is 3.64. The summed E-state index contributed by atoms with van der Waals surface area (Å²) in [5, 5.41) is 1.03. The lowest BCUT2D eigenvalue weighted by molar-refractivity contribution is 0.0530. The Morgan fingerprint density at radius 1 is 1.00 bits per heavy atom. The zero-order valence-electron chi connectivity index (χ0n) is 12.1. The number of hydrogen-bond acceptors (Lipinski definition) is 2. The maximum Gasteiger partial charge on any atom is 0.289 e. The minimum absolute atomic E-state index is 0.206. The van der Waals surface area contributed by atoms with E-state index in [1.165, 1.54) is 0 Å². The summed E-state index contributed by atoms with van der Waals surface area (Å²) < 4.78 is 44.0. The Labute approximate surface area is 125 Å². The van der Waals surface area contributed by atoms with Gasteiger partial charge < -0.3 is 4.42 Å². The van der Waals surface area contributed by atoms with Crippen LogP contribution in [0, 0.1) is 13.8 Å². The molecular formula is C17H14F3NO. The molecule has 3 rings (SSSR count). The highest BCUT2D eigenvalue weighted by molar-refractivity contribution is 5.83. The fraction of sp³-hybridized carbons (Fsp3) is 0.235. The zero-order chi connectivity index (χ0) is 15.9. The first-order chi connectivity index (χ1) is 10.5. The van der Waals surface area contributed by atoms with Crippen molar-refractivity contribution in [3.05, 3.63) is 52.9 Å². The zero-order valence-corrected chi connectivity index (χ0v) is 12.1. The molecule has 0 bridgehead atoms. The van der Waals surface area contributed by atoms with Crippen molar-refractivity contribution >= 4 is 11.0 Å². The topological polar surface area (TPSA) is 25.5 Å². The molecule has 1 heterocycles. The van der Waals surface area contributed by atoms with Gasteiger partial charge in [0.1, 0.15) is 11.3 Å². The summed E-state index contributed by atoms with van der Waals surface area (Å²) in [6.07, 6.45) is -5.69. The predicted molar refractivity (Wildman–Crippen MR) is 78.8 cm³/mol. The van der Waals surface area contributed by atoms with Crippen molar-refractivity contribution in [2.75, 3.05) is 0 Å². The van der Waals surface area contributed by atoms with E-state index in [2.05, 4.69) is 4.99 Å². The molecule has 114 valence electrons. The largest absolute Gasteiger partial charge is 0.456 e. The van der Waals surface area contributed by atoms with Crippen molar-refractivity contribution in [3.8, 4) is 11.3 Å². The summed E-state index contributed by atoms with van der Waals surface area (Å²) >= 11 is 0. The Morgan fingerprint density at radius 3 is 2.50 bits per heavy atom. The van der Waals surface area contributed by atoms with Crippen LogP contribution in [0.15, 0.2) is 45.8 Å². The van der Waals surface area contributed by atoms with Gasteiger partial charge in [-0.05, 0) is 43.7 Å². The van der Waals surface area contributed by atoms with E-state index in [0.29, 0.717) is 22.5 Å². The van der Waals surface area contributed by atoms with Crippen molar-refractivity contribution in [2.45, 2.75) is 26.6 Å². The molecule has 0 N–H and O–H groups in total. The van der Waals surface area contributed by atoms with Crippen LogP contribution in [0.3, 0.4) is 0 Å². The third-order valence-electron chi connectivity index (χ3n) is 3.52. The van der Waals surface area contributed by atoms with Gasteiger partial charge in [0.25, 0.3) is 12.7 Å². The molecular weight excluding hydrogens is 291 g/mol. The van der Waals surface area contributed by atoms with Crippen LogP contribution < -0.4 is 5.36 Å². The van der Waals surface area contributed by atoms with Gasteiger partial charge in [0, 0.05) is 10.9 Å². The fourth-order valence-corrected chi connectivity index (χ4v) is 2.43. The van der Waals surface area contributed by atoms with E-state index in [-0.39, 0.29) is 5.36 Å². The molecule has 5 heteroatoms. The number of benzene rings is 2. The molecule has 0 saturated carbocycles. The van der Waals surface area contributed by atoms with Crippen LogP contribution in [-0.2, 0) is 0 Å². The predicted octanol–water partition coefficient (Wildman–Crippen LogP) is 4.62. The minimum Gasteiger partial charge on any atom is -0.456 e. The van der Waals surface area contributed by atoms with Gasteiger partial charge in [-0.15, -0.1) is 0 Å². The summed E-state index contributed by atoms with van der Waals surface area (Å²) in [6, 6.07) is 10.9. The van der Waals surface area contributed by atoms with E-state index in [1.54, 1.807) is 25.1 Å². The average molecular weight is 305 g/mol. The second kappa shape index (κ2) is 5.48. The minimum atomic E-state index is -3.14. The van der Waals surface area contributed by atoms with E-state index in [1.807, 2.05) is 25.1 Å². The summed E-state index contributed by atoms with van der Waals surface area (Å²) in [7, 11) is 0. The van der Waals surface area contributed by atoms with Gasteiger partial charge in [0.05, 0.1) is 5.36 Å². The van der Waals surface area contributed by atoms with Gasteiger partial charge in [-0.25, -0.2) is 18.2 Å². The second-order valence-corrected chi connectivity index (χ2v) is 5.27. The average Bonchev–Trinajstić information content (AvgIpc) is 2.48. The number of hydrogen-bond donors (Lipinski definition) is 0. The number of alkyl halides is 3. The van der Waals surface area contributed by atoms with Crippen LogP contribution in [-0.4, -0.2) is 12.7 Å². The van der Waals surface area contributed by atoms with E-state index < -0.39 is 12.7 Å². The number of aryl methyl sites for hydroxylation is 2. The maximum absolute atomic E-state index is 13.3. The third kappa shape index (κ3) is 2.58. The van der Waals surface area contributed by atoms with Crippen molar-refractivity contribution in [1.29, 1.82) is 0 Å². The normalized spacial score (nSPS) is 14.2. The highest BCUT2D eigenvalue weighted by Crippen LogP contribution is 2.27. The molecule has 2 aliphatic rings. The van der Waals surface area contributed by atoms with Crippen molar-refractivity contribution in [3.63, 3.8) is 0 Å². The lowest BCUT2D eigenvalue weighted by Gasteiger charge is -2.11. The first kappa shape index (κ1) is 14.6. The summed E-state index contributed by atoms with van der Waals surface area (Å²) in [6.45, 7) is 3.65. The van der Waals surface area contributed by atoms with Gasteiger partial charge in [-0.2, -0.15) is 0 Å². The van der Waals surface area contributed by atoms with Crippen LogP contribution >= 0.6 is 0 Å². The molecule has 1 aliphatic heterocycles. The molecule has 2 nitrogen and oxygen atoms in total. The quantitative estimate of drug-likeness (QED) is 0.501. The van der Waals surface area contributed by atoms with Crippen LogP contribution in [0.5, 0.6) is 0 Å². The van der Waals surface area contributed by atoms with E-state index in [0.717, 1.165) is 10.9 Å². The number of nitrogens with zero attached hydrogens (tertiary/aromatic N) is 1. The molecule has 1 atom stereocenters. The summed E-state index contributed by atoms with van der Waals surface area (Å²) in [4.78, 5) is 3.54. The monoisotopic (exact) mass is 305 g/mol. The molecule has 0 fully saturated rings. The van der Waals surface area contributed by atoms with Crippen LogP contribution in [0.1, 0.15) is 11.1 Å². The van der Waals surface area contributed by atoms with Gasteiger partial charge in [-0.3, -0.25) is 0 Å². The van der Waals surface area contributed by atoms with Gasteiger partial charge >= 0.3 is 0 Å². The fourth-order valence-electron chi connectivity index (χ4n) is 2.43. The standard InChI is InChI=1S/C17H14F3NO/c1-9-3-5-13-11(7-9)8-12-14(22-13)6-4-10(2)15(12)21-17(20)16(18)19/h3-8,16-17H,1-2H3. The first-order valence-electron chi connectivity index (χ1n) is 6.85. The molecule has 22 heavy (non-hydrogen) atoms. The molecule has 1 unspecified atom stereocenters. The number of fused-ring (bicyclic) bond motifs is 2. The summed E-state index contributed by atoms with van der Waals surface area (Å²) in [5.74, 6) is 0.488. The molecule has 0 aromatic heterocycles. The molecule has 1 aromatic carbocycles. The smallest absolute Gasteiger partial charge is 0.289 e. The van der Waals surface area contributed by atoms with Gasteiger partial charge in [0.15, 0.2) is 0 Å². The van der Waals surface area contributed by atoms with E-state index in [4.69, 9.17) is 4.42 Å². The van der Waals surface area contributed by atoms with Crippen molar-refractivity contribution in [1.82, 2.24) is 0 Å². The Bertz CT molecular complexity index is 870. The molecule has 0 amide bonds. The Morgan fingerprint density at radius 2 is 1.77 bits per heavy atom. The van der Waals surface area contributed by atoms with Crippen LogP contribution in [0.25, 0.3) is 22.3 Å². The Hall–Kier alpha value is -2.30. The highest BCUT2D eigenvalue weighted by atomic mass is 19.3. The number of halogens is 3. The SMILES string of the molecule is Cc1ccc2oc3ccc(C)c(=NC(F)C(F)F)c-3cc2c1. The number of rotatable bonds is 2. The van der Waals surface area contributed by atoms with E-state index in [9.17, 15) is 13.2 Å². The maximum atomic E-state index is 13.3. The second-order valence-electron chi connectivity index (χ2n) is 5.27. The molecule has 1 aliphatic carbocycles. The summed E-state index contributed by atoms with van der Waals surface area (Å²) in [5.41, 5.74) is 2.88. The molecule has 1 aromatic rings. The lowest BCUT2D eigenvalue weighted by atomic mass is 10.0. The van der Waals surface area contributed by atoms with Crippen LogP contribution in [0.4, 0.5) is 13.2 Å².